The SMILES string of the molecule is C=CCc1cc(C=Nn2c(-c3cc4cc(Br)ccc4o3)nc3ccccc3c2=O)cc(OC)c1OCC(=O)Nc1ccccc1F. The highest BCUT2D eigenvalue weighted by atomic mass is 79.9. The number of carbonyl (C=O) groups is 1. The fourth-order valence-electron chi connectivity index (χ4n) is 4.91. The van der Waals surface area contributed by atoms with Crippen LogP contribution in [-0.4, -0.2) is 35.5 Å². The smallest absolute Gasteiger partial charge is 0.282 e. The number of aromatic nitrogens is 2. The maximum atomic E-state index is 14.0. The van der Waals surface area contributed by atoms with Crippen LogP contribution in [0.2, 0.25) is 0 Å². The normalized spacial score (nSPS) is 11.3. The summed E-state index contributed by atoms with van der Waals surface area (Å²) in [4.78, 5) is 31.0. The molecule has 46 heavy (non-hydrogen) atoms. The number of ether oxygens (including phenoxy) is 2. The Bertz CT molecular complexity index is 2210. The fraction of sp³-hybridized carbons (Fsp3) is 0.0857. The van der Waals surface area contributed by atoms with Gasteiger partial charge < -0.3 is 19.2 Å². The van der Waals surface area contributed by atoms with Crippen molar-refractivity contribution < 1.29 is 23.1 Å². The minimum absolute atomic E-state index is 0.0502. The molecule has 1 amide bonds. The summed E-state index contributed by atoms with van der Waals surface area (Å²) in [5.74, 6) is 0.146. The van der Waals surface area contributed by atoms with E-state index in [1.807, 2.05) is 30.3 Å². The number of para-hydroxylation sites is 2. The number of anilines is 1. The van der Waals surface area contributed by atoms with Gasteiger partial charge in [0.2, 0.25) is 5.82 Å². The Morgan fingerprint density at radius 2 is 1.91 bits per heavy atom. The predicted molar refractivity (Wildman–Crippen MR) is 179 cm³/mol. The van der Waals surface area contributed by atoms with Crippen LogP contribution in [0, 0.1) is 5.82 Å². The monoisotopic (exact) mass is 680 g/mol. The van der Waals surface area contributed by atoms with Crippen LogP contribution >= 0.6 is 15.9 Å². The number of amides is 1. The van der Waals surface area contributed by atoms with Crippen LogP contribution in [-0.2, 0) is 11.2 Å². The van der Waals surface area contributed by atoms with Crippen molar-refractivity contribution in [2.75, 3.05) is 19.0 Å². The molecule has 0 saturated carbocycles. The summed E-state index contributed by atoms with van der Waals surface area (Å²) in [5.41, 5.74) is 2.05. The average Bonchev–Trinajstić information content (AvgIpc) is 3.48. The lowest BCUT2D eigenvalue weighted by molar-refractivity contribution is -0.118. The third kappa shape index (κ3) is 6.31. The molecule has 6 aromatic rings. The second kappa shape index (κ2) is 13.2. The number of carbonyl (C=O) groups excluding carboxylic acids is 1. The van der Waals surface area contributed by atoms with E-state index >= 15 is 0 Å². The molecule has 2 heterocycles. The Balaban J connectivity index is 1.36. The number of nitrogens with one attached hydrogen (secondary N) is 1. The van der Waals surface area contributed by atoms with Crippen molar-refractivity contribution in [1.82, 2.24) is 9.66 Å². The summed E-state index contributed by atoms with van der Waals surface area (Å²) in [5, 5.41) is 8.27. The fourth-order valence-corrected chi connectivity index (χ4v) is 5.29. The van der Waals surface area contributed by atoms with Gasteiger partial charge in [-0.05, 0) is 72.6 Å². The number of halogens is 2. The molecule has 0 aliphatic heterocycles. The number of hydrogen-bond acceptors (Lipinski definition) is 7. The van der Waals surface area contributed by atoms with Gasteiger partial charge in [-0.25, -0.2) is 9.37 Å². The standard InChI is InChI=1S/C35H26BrFN4O5/c1-3-8-22-15-21(16-30(44-2)33(22)45-20-32(42)39-28-12-7-5-10-26(28)37)19-38-41-34(40-27-11-6-4-9-25(27)35(41)43)31-18-23-17-24(36)13-14-29(23)46-31/h3-7,9-19H,1,8,20H2,2H3,(H,39,42). The molecule has 0 aliphatic rings. The van der Waals surface area contributed by atoms with Crippen molar-refractivity contribution in [3.05, 3.63) is 129 Å². The van der Waals surface area contributed by atoms with Gasteiger partial charge in [0, 0.05) is 15.4 Å². The van der Waals surface area contributed by atoms with E-state index in [0.29, 0.717) is 51.3 Å². The van der Waals surface area contributed by atoms with E-state index in [4.69, 9.17) is 18.9 Å². The molecule has 0 spiro atoms. The lowest BCUT2D eigenvalue weighted by Crippen LogP contribution is -2.21. The number of methoxy groups -OCH3 is 1. The summed E-state index contributed by atoms with van der Waals surface area (Å²) in [6.07, 6.45) is 3.56. The molecule has 4 aromatic carbocycles. The summed E-state index contributed by atoms with van der Waals surface area (Å²) >= 11 is 3.48. The van der Waals surface area contributed by atoms with E-state index in [1.54, 1.807) is 42.5 Å². The Kier molecular flexibility index (Phi) is 8.75. The minimum atomic E-state index is -0.554. The zero-order valence-corrected chi connectivity index (χ0v) is 26.1. The molecule has 0 fully saturated rings. The zero-order valence-electron chi connectivity index (χ0n) is 24.5. The van der Waals surface area contributed by atoms with Crippen molar-refractivity contribution in [1.29, 1.82) is 0 Å². The van der Waals surface area contributed by atoms with E-state index in [2.05, 4.69) is 32.9 Å². The first-order valence-electron chi connectivity index (χ1n) is 14.1. The molecule has 2 aromatic heterocycles. The molecule has 9 nitrogen and oxygen atoms in total. The first-order chi connectivity index (χ1) is 22.3. The molecule has 6 rings (SSSR count). The quantitative estimate of drug-likeness (QED) is 0.120. The Morgan fingerprint density at radius 1 is 1.11 bits per heavy atom. The third-order valence-electron chi connectivity index (χ3n) is 7.01. The maximum Gasteiger partial charge on any atom is 0.282 e. The summed E-state index contributed by atoms with van der Waals surface area (Å²) < 4.78 is 33.6. The van der Waals surface area contributed by atoms with Gasteiger partial charge in [0.15, 0.2) is 23.9 Å². The lowest BCUT2D eigenvalue weighted by atomic mass is 10.1. The van der Waals surface area contributed by atoms with Crippen LogP contribution in [0.1, 0.15) is 11.1 Å². The van der Waals surface area contributed by atoms with Crippen LogP contribution in [0.25, 0.3) is 33.5 Å². The van der Waals surface area contributed by atoms with Crippen LogP contribution in [0.3, 0.4) is 0 Å². The Morgan fingerprint density at radius 3 is 2.72 bits per heavy atom. The van der Waals surface area contributed by atoms with Gasteiger partial charge in [-0.2, -0.15) is 9.78 Å². The van der Waals surface area contributed by atoms with E-state index in [9.17, 15) is 14.0 Å². The number of allylic oxidation sites excluding steroid dienone is 1. The van der Waals surface area contributed by atoms with Gasteiger partial charge in [0.1, 0.15) is 11.4 Å². The highest BCUT2D eigenvalue weighted by Gasteiger charge is 2.18. The molecule has 0 bridgehead atoms. The number of fused-ring (bicyclic) bond motifs is 2. The maximum absolute atomic E-state index is 14.0. The van der Waals surface area contributed by atoms with Gasteiger partial charge >= 0.3 is 0 Å². The van der Waals surface area contributed by atoms with Gasteiger partial charge in [0.05, 0.1) is 29.9 Å². The number of nitrogens with zero attached hydrogens (tertiary/aromatic N) is 3. The van der Waals surface area contributed by atoms with Crippen molar-refractivity contribution in [2.45, 2.75) is 6.42 Å². The topological polar surface area (TPSA) is 108 Å². The summed E-state index contributed by atoms with van der Waals surface area (Å²) in [6.45, 7) is 3.44. The molecule has 0 unspecified atom stereocenters. The predicted octanol–water partition coefficient (Wildman–Crippen LogP) is 7.35. The molecule has 0 radical (unpaired) electrons. The van der Waals surface area contributed by atoms with E-state index in [1.165, 1.54) is 36.2 Å². The van der Waals surface area contributed by atoms with Crippen LogP contribution in [0.4, 0.5) is 10.1 Å². The van der Waals surface area contributed by atoms with E-state index in [-0.39, 0.29) is 17.1 Å². The molecule has 0 aliphatic carbocycles. The second-order valence-electron chi connectivity index (χ2n) is 10.1. The molecule has 0 saturated heterocycles. The second-order valence-corrected chi connectivity index (χ2v) is 11.0. The summed E-state index contributed by atoms with van der Waals surface area (Å²) in [6, 6.07) is 23.8. The van der Waals surface area contributed by atoms with Crippen molar-refractivity contribution in [3.63, 3.8) is 0 Å². The average molecular weight is 682 g/mol. The molecule has 0 atom stereocenters. The first kappa shape index (κ1) is 30.5. The van der Waals surface area contributed by atoms with Gasteiger partial charge in [-0.15, -0.1) is 6.58 Å². The number of hydrogen-bond donors (Lipinski definition) is 1. The summed E-state index contributed by atoms with van der Waals surface area (Å²) in [7, 11) is 1.47. The minimum Gasteiger partial charge on any atom is -0.493 e. The van der Waals surface area contributed by atoms with Crippen molar-refractivity contribution in [2.24, 2.45) is 5.10 Å². The Hall–Kier alpha value is -5.55. The largest absolute Gasteiger partial charge is 0.493 e. The van der Waals surface area contributed by atoms with Gasteiger partial charge in [0.25, 0.3) is 11.5 Å². The number of rotatable bonds is 10. The zero-order chi connectivity index (χ0) is 32.2. The number of benzene rings is 4. The van der Waals surface area contributed by atoms with Crippen LogP contribution in [0.5, 0.6) is 11.5 Å². The highest BCUT2D eigenvalue weighted by molar-refractivity contribution is 9.10. The van der Waals surface area contributed by atoms with Crippen LogP contribution < -0.4 is 20.3 Å². The van der Waals surface area contributed by atoms with Gasteiger partial charge in [-0.3, -0.25) is 9.59 Å². The molecule has 11 heteroatoms. The molecular formula is C35H26BrFN4O5. The lowest BCUT2D eigenvalue weighted by Gasteiger charge is -2.16. The van der Waals surface area contributed by atoms with Crippen LogP contribution in [0.15, 0.2) is 116 Å². The van der Waals surface area contributed by atoms with E-state index < -0.39 is 18.3 Å². The highest BCUT2D eigenvalue weighted by Crippen LogP contribution is 2.34. The van der Waals surface area contributed by atoms with Crippen molar-refractivity contribution >= 4 is 55.6 Å². The molecule has 230 valence electrons. The first-order valence-corrected chi connectivity index (χ1v) is 14.9. The Labute approximate surface area is 270 Å². The molecular weight excluding hydrogens is 655 g/mol. The van der Waals surface area contributed by atoms with Crippen molar-refractivity contribution in [3.8, 4) is 23.1 Å². The molecule has 1 N–H and O–H groups in total. The van der Waals surface area contributed by atoms with Gasteiger partial charge in [-0.1, -0.05) is 46.3 Å². The number of furan rings is 1. The third-order valence-corrected chi connectivity index (χ3v) is 7.50. The van der Waals surface area contributed by atoms with E-state index in [0.717, 1.165) is 9.86 Å².